The van der Waals surface area contributed by atoms with Crippen LogP contribution in [0, 0.1) is 11.8 Å². The summed E-state index contributed by atoms with van der Waals surface area (Å²) >= 11 is 0. The fourth-order valence-electron chi connectivity index (χ4n) is 1.80. The van der Waals surface area contributed by atoms with E-state index in [0.717, 1.165) is 5.56 Å². The van der Waals surface area contributed by atoms with E-state index in [-0.39, 0.29) is 18.2 Å². The Hall–Kier alpha value is -2.14. The van der Waals surface area contributed by atoms with E-state index in [0.29, 0.717) is 5.56 Å². The molecule has 0 aliphatic heterocycles. The Bertz CT molecular complexity index is 785. The lowest BCUT2D eigenvalue weighted by molar-refractivity contribution is 0.350. The highest BCUT2D eigenvalue weighted by Crippen LogP contribution is 2.10. The Morgan fingerprint density at radius 1 is 1.33 bits per heavy atom. The van der Waals surface area contributed by atoms with Crippen molar-refractivity contribution >= 4 is 10.0 Å². The quantitative estimate of drug-likeness (QED) is 0.793. The summed E-state index contributed by atoms with van der Waals surface area (Å²) in [6, 6.07) is 8.60. The van der Waals surface area contributed by atoms with E-state index in [4.69, 9.17) is 5.11 Å². The fourth-order valence-corrected chi connectivity index (χ4v) is 2.93. The molecule has 21 heavy (non-hydrogen) atoms. The first kappa shape index (κ1) is 15.3. The molecule has 0 amide bonds. The van der Waals surface area contributed by atoms with E-state index >= 15 is 0 Å². The molecule has 0 fully saturated rings. The fraction of sp³-hybridized carbons (Fsp3) is 0.214. The zero-order chi connectivity index (χ0) is 15.3. The Morgan fingerprint density at radius 3 is 2.76 bits per heavy atom. The van der Waals surface area contributed by atoms with Gasteiger partial charge in [-0.25, -0.2) is 13.1 Å². The number of aryl methyl sites for hydroxylation is 1. The maximum Gasteiger partial charge on any atom is 0.258 e. The van der Waals surface area contributed by atoms with Gasteiger partial charge < -0.3 is 5.11 Å². The van der Waals surface area contributed by atoms with E-state index in [2.05, 4.69) is 21.7 Å². The lowest BCUT2D eigenvalue weighted by Gasteiger charge is -2.08. The summed E-state index contributed by atoms with van der Waals surface area (Å²) in [4.78, 5) is 0. The molecule has 1 aromatic heterocycles. The molecule has 6 nitrogen and oxygen atoms in total. The van der Waals surface area contributed by atoms with Crippen molar-refractivity contribution in [1.29, 1.82) is 0 Å². The van der Waals surface area contributed by atoms with Crippen LogP contribution >= 0.6 is 0 Å². The van der Waals surface area contributed by atoms with Gasteiger partial charge in [-0.2, -0.15) is 5.10 Å². The van der Waals surface area contributed by atoms with Gasteiger partial charge in [0.15, 0.2) is 5.03 Å². The van der Waals surface area contributed by atoms with Crippen LogP contribution in [0.3, 0.4) is 0 Å². The molecule has 2 aromatic rings. The first-order valence-corrected chi connectivity index (χ1v) is 7.68. The van der Waals surface area contributed by atoms with Crippen molar-refractivity contribution in [2.75, 3.05) is 6.61 Å². The number of nitrogens with zero attached hydrogens (tertiary/aromatic N) is 2. The van der Waals surface area contributed by atoms with Gasteiger partial charge in [0.05, 0.1) is 6.20 Å². The molecule has 7 heteroatoms. The van der Waals surface area contributed by atoms with Crippen molar-refractivity contribution in [3.63, 3.8) is 0 Å². The molecule has 0 saturated heterocycles. The average Bonchev–Trinajstić information content (AvgIpc) is 2.91. The second-order valence-corrected chi connectivity index (χ2v) is 5.95. The summed E-state index contributed by atoms with van der Waals surface area (Å²) in [6.45, 7) is -0.126. The number of aliphatic hydroxyl groups excluding tert-OH is 1. The number of aliphatic hydroxyl groups is 1. The molecule has 0 unspecified atom stereocenters. The van der Waals surface area contributed by atoms with Crippen LogP contribution < -0.4 is 4.72 Å². The summed E-state index contributed by atoms with van der Waals surface area (Å²) in [5.41, 5.74) is 1.42. The minimum Gasteiger partial charge on any atom is -0.384 e. The van der Waals surface area contributed by atoms with Gasteiger partial charge >= 0.3 is 0 Å². The maximum absolute atomic E-state index is 12.2. The Balaban J connectivity index is 2.19. The molecule has 1 aromatic carbocycles. The highest BCUT2D eigenvalue weighted by atomic mass is 32.2. The molecule has 0 bridgehead atoms. The van der Waals surface area contributed by atoms with Crippen LogP contribution in [-0.4, -0.2) is 29.9 Å². The monoisotopic (exact) mass is 305 g/mol. The molecule has 110 valence electrons. The summed E-state index contributed by atoms with van der Waals surface area (Å²) in [5.74, 6) is 5.35. The number of rotatable bonds is 4. The second-order valence-electron chi connectivity index (χ2n) is 4.23. The van der Waals surface area contributed by atoms with E-state index in [1.54, 1.807) is 31.3 Å². The van der Waals surface area contributed by atoms with Gasteiger partial charge in [0.25, 0.3) is 10.0 Å². The highest BCUT2D eigenvalue weighted by molar-refractivity contribution is 7.89. The number of aromatic nitrogens is 2. The zero-order valence-electron chi connectivity index (χ0n) is 11.4. The average molecular weight is 305 g/mol. The third-order valence-electron chi connectivity index (χ3n) is 2.82. The molecular formula is C14H15N3O3S. The topological polar surface area (TPSA) is 84.2 Å². The van der Waals surface area contributed by atoms with Gasteiger partial charge in [0.1, 0.15) is 6.61 Å². The standard InChI is InChI=1S/C14H15N3O3S/c1-17-14(8-9-15-17)21(19,20)16-11-13-6-3-2-5-12(13)7-4-10-18/h2-3,5-6,8-9,16,18H,10-11H2,1H3. The van der Waals surface area contributed by atoms with Gasteiger partial charge in [-0.15, -0.1) is 0 Å². The normalized spacial score (nSPS) is 11.0. The van der Waals surface area contributed by atoms with Crippen molar-refractivity contribution < 1.29 is 13.5 Å². The third kappa shape index (κ3) is 3.70. The van der Waals surface area contributed by atoms with Gasteiger partial charge in [-0.1, -0.05) is 30.0 Å². The molecule has 0 aliphatic rings. The van der Waals surface area contributed by atoms with Crippen molar-refractivity contribution in [3.05, 3.63) is 47.7 Å². The lowest BCUT2D eigenvalue weighted by Crippen LogP contribution is -2.25. The maximum atomic E-state index is 12.2. The van der Waals surface area contributed by atoms with E-state index in [9.17, 15) is 8.42 Å². The molecule has 1 heterocycles. The Labute approximate surface area is 123 Å². The summed E-state index contributed by atoms with van der Waals surface area (Å²) in [5, 5.41) is 12.7. The largest absolute Gasteiger partial charge is 0.384 e. The number of nitrogens with one attached hydrogen (secondary N) is 1. The zero-order valence-corrected chi connectivity index (χ0v) is 12.3. The summed E-state index contributed by atoms with van der Waals surface area (Å²) < 4.78 is 28.1. The van der Waals surface area contributed by atoms with E-state index in [1.165, 1.54) is 16.9 Å². The molecule has 0 radical (unpaired) electrons. The van der Waals surface area contributed by atoms with Crippen LogP contribution in [0.2, 0.25) is 0 Å². The molecule has 2 rings (SSSR count). The number of hydrogen-bond donors (Lipinski definition) is 2. The summed E-state index contributed by atoms with van der Waals surface area (Å²) in [7, 11) is -2.07. The molecule has 0 aliphatic carbocycles. The minimum atomic E-state index is -3.63. The molecular weight excluding hydrogens is 290 g/mol. The second kappa shape index (κ2) is 6.54. The number of benzene rings is 1. The molecule has 2 N–H and O–H groups in total. The van der Waals surface area contributed by atoms with Crippen LogP contribution in [0.25, 0.3) is 0 Å². The van der Waals surface area contributed by atoms with Crippen molar-refractivity contribution in [2.24, 2.45) is 7.05 Å². The van der Waals surface area contributed by atoms with Crippen molar-refractivity contribution in [2.45, 2.75) is 11.6 Å². The SMILES string of the molecule is Cn1nccc1S(=O)(=O)NCc1ccccc1C#CCO. The van der Waals surface area contributed by atoms with E-state index < -0.39 is 10.0 Å². The van der Waals surface area contributed by atoms with Crippen LogP contribution in [0.1, 0.15) is 11.1 Å². The number of sulfonamides is 1. The van der Waals surface area contributed by atoms with Gasteiger partial charge in [0, 0.05) is 19.2 Å². The Kier molecular flexibility index (Phi) is 4.75. The predicted octanol–water partition coefficient (Wildman–Crippen LogP) is 0.242. The number of hydrogen-bond acceptors (Lipinski definition) is 4. The van der Waals surface area contributed by atoms with Crippen LogP contribution in [0.4, 0.5) is 0 Å². The highest BCUT2D eigenvalue weighted by Gasteiger charge is 2.17. The van der Waals surface area contributed by atoms with Gasteiger partial charge in [0.2, 0.25) is 0 Å². The lowest BCUT2D eigenvalue weighted by atomic mass is 10.1. The van der Waals surface area contributed by atoms with Gasteiger partial charge in [-0.05, 0) is 17.7 Å². The first-order chi connectivity index (χ1) is 10.0. The smallest absolute Gasteiger partial charge is 0.258 e. The Morgan fingerprint density at radius 2 is 2.10 bits per heavy atom. The van der Waals surface area contributed by atoms with Crippen molar-refractivity contribution in [1.82, 2.24) is 14.5 Å². The minimum absolute atomic E-state index is 0.0985. The van der Waals surface area contributed by atoms with Crippen LogP contribution in [-0.2, 0) is 23.6 Å². The third-order valence-corrected chi connectivity index (χ3v) is 4.30. The van der Waals surface area contributed by atoms with Crippen LogP contribution in [0.5, 0.6) is 0 Å². The molecule has 0 atom stereocenters. The van der Waals surface area contributed by atoms with Crippen molar-refractivity contribution in [3.8, 4) is 11.8 Å². The molecule has 0 saturated carbocycles. The van der Waals surface area contributed by atoms with Gasteiger partial charge in [-0.3, -0.25) is 4.68 Å². The van der Waals surface area contributed by atoms with E-state index in [1.807, 2.05) is 0 Å². The van der Waals surface area contributed by atoms with Crippen LogP contribution in [0.15, 0.2) is 41.6 Å². The molecule has 0 spiro atoms. The summed E-state index contributed by atoms with van der Waals surface area (Å²) in [6.07, 6.45) is 1.43. The first-order valence-electron chi connectivity index (χ1n) is 6.20. The predicted molar refractivity (Wildman–Crippen MR) is 77.6 cm³/mol.